The van der Waals surface area contributed by atoms with Gasteiger partial charge in [0.1, 0.15) is 27.7 Å². The van der Waals surface area contributed by atoms with Gasteiger partial charge in [-0.2, -0.15) is 0 Å². The molecule has 0 spiro atoms. The number of alkyl halides is 2. The topological polar surface area (TPSA) is 104 Å². The third-order valence-electron chi connectivity index (χ3n) is 5.33. The molecule has 0 bridgehead atoms. The fourth-order valence-electron chi connectivity index (χ4n) is 3.28. The molecule has 0 radical (unpaired) electrons. The number of aromatic nitrogens is 1. The molecule has 0 aliphatic heterocycles. The second-order valence-corrected chi connectivity index (χ2v) is 13.7. The predicted molar refractivity (Wildman–Crippen MR) is 147 cm³/mol. The van der Waals surface area contributed by atoms with Gasteiger partial charge in [-0.3, -0.25) is 4.79 Å². The van der Waals surface area contributed by atoms with Crippen molar-refractivity contribution in [1.29, 1.82) is 0 Å². The van der Waals surface area contributed by atoms with Gasteiger partial charge in [0.25, 0.3) is 0 Å². The molecule has 210 valence electrons. The van der Waals surface area contributed by atoms with Crippen molar-refractivity contribution < 1.29 is 28.6 Å². The summed E-state index contributed by atoms with van der Waals surface area (Å²) in [6.45, 7) is 17.8. The first-order valence-corrected chi connectivity index (χ1v) is 13.8. The summed E-state index contributed by atoms with van der Waals surface area (Å²) in [5.74, 6) is -1.23. The highest BCUT2D eigenvalue weighted by Crippen LogP contribution is 2.33. The van der Waals surface area contributed by atoms with E-state index >= 15 is 0 Å². The maximum Gasteiger partial charge on any atom is 0.408 e. The predicted octanol–water partition coefficient (Wildman–Crippen LogP) is 7.01. The van der Waals surface area contributed by atoms with Crippen molar-refractivity contribution in [3.8, 4) is 0 Å². The molecule has 0 fully saturated rings. The fourth-order valence-corrected chi connectivity index (χ4v) is 4.56. The number of esters is 2. The molecule has 1 amide bonds. The van der Waals surface area contributed by atoms with Gasteiger partial charge in [-0.15, -0.1) is 34.5 Å². The molecule has 0 unspecified atom stereocenters. The Bertz CT molecular complexity index is 934. The number of hydrogen-bond acceptors (Lipinski definition) is 8. The molecule has 1 aromatic heterocycles. The number of rotatable bonds is 13. The van der Waals surface area contributed by atoms with Crippen LogP contribution in [-0.4, -0.2) is 45.7 Å². The first-order chi connectivity index (χ1) is 16.9. The summed E-state index contributed by atoms with van der Waals surface area (Å²) in [5.41, 5.74) is -1.72. The summed E-state index contributed by atoms with van der Waals surface area (Å²) in [4.78, 5) is 42.6. The number of hydrogen-bond donors (Lipinski definition) is 1. The number of thiazole rings is 1. The quantitative estimate of drug-likeness (QED) is 0.116. The Morgan fingerprint density at radius 3 is 2.30 bits per heavy atom. The lowest BCUT2D eigenvalue weighted by Gasteiger charge is -2.32. The molecule has 1 heterocycles. The largest absolute Gasteiger partial charge is 0.461 e. The zero-order chi connectivity index (χ0) is 28.6. The molecule has 37 heavy (non-hydrogen) atoms. The average Bonchev–Trinajstić information content (AvgIpc) is 3.22. The third-order valence-corrected chi connectivity index (χ3v) is 6.64. The van der Waals surface area contributed by atoms with Crippen LogP contribution in [0, 0.1) is 11.3 Å². The van der Waals surface area contributed by atoms with Crippen LogP contribution >= 0.6 is 34.5 Å². The second kappa shape index (κ2) is 13.8. The Balaban J connectivity index is 3.09. The van der Waals surface area contributed by atoms with Gasteiger partial charge in [0.05, 0.1) is 11.5 Å². The number of carbonyl (C=O) groups is 3. The monoisotopic (exact) mass is 578 g/mol. The van der Waals surface area contributed by atoms with E-state index in [0.717, 1.165) is 0 Å². The van der Waals surface area contributed by atoms with Crippen LogP contribution in [-0.2, 0) is 19.0 Å². The van der Waals surface area contributed by atoms with E-state index in [0.29, 0.717) is 24.3 Å². The third kappa shape index (κ3) is 11.6. The molecule has 0 saturated carbocycles. The van der Waals surface area contributed by atoms with Crippen LogP contribution in [0.5, 0.6) is 0 Å². The Kier molecular flexibility index (Phi) is 12.4. The van der Waals surface area contributed by atoms with E-state index < -0.39 is 45.5 Å². The molecule has 2 atom stereocenters. The Hall–Kier alpha value is -1.84. The molecule has 1 N–H and O–H groups in total. The number of carbonyl (C=O) groups excluding carboxylic acids is 3. The van der Waals surface area contributed by atoms with Crippen LogP contribution in [0.15, 0.2) is 18.0 Å². The van der Waals surface area contributed by atoms with Crippen molar-refractivity contribution in [3.63, 3.8) is 0 Å². The summed E-state index contributed by atoms with van der Waals surface area (Å²) < 4.78 is 15.5. The summed E-state index contributed by atoms with van der Waals surface area (Å²) >= 11 is 13.4. The van der Waals surface area contributed by atoms with Crippen LogP contribution in [0.1, 0.15) is 96.2 Å². The first-order valence-electron chi connectivity index (χ1n) is 12.2. The van der Waals surface area contributed by atoms with E-state index in [1.165, 1.54) is 17.4 Å². The number of alkyl carbamates (subject to hydrolysis) is 1. The minimum atomic E-state index is -1.15. The lowest BCUT2D eigenvalue weighted by atomic mass is 9.83. The molecule has 8 nitrogen and oxygen atoms in total. The minimum absolute atomic E-state index is 0.0192. The SMILES string of the molecule is C=CCOC(=O)C(C)(C)[C@H](CCCC(C)(Cl)Cl)OC(=O)c1csc([C@@H](NC(=O)OC(C)(C)C)C(C)C)n1. The lowest BCUT2D eigenvalue weighted by molar-refractivity contribution is -0.159. The minimum Gasteiger partial charge on any atom is -0.461 e. The summed E-state index contributed by atoms with van der Waals surface area (Å²) in [7, 11) is 0. The Morgan fingerprint density at radius 2 is 1.78 bits per heavy atom. The zero-order valence-electron chi connectivity index (χ0n) is 23.0. The van der Waals surface area contributed by atoms with Gasteiger partial charge in [0.15, 0.2) is 5.69 Å². The molecule has 0 aliphatic rings. The highest BCUT2D eigenvalue weighted by Gasteiger charge is 2.41. The number of ether oxygens (including phenoxy) is 3. The molecule has 11 heteroatoms. The van der Waals surface area contributed by atoms with Gasteiger partial charge >= 0.3 is 18.0 Å². The van der Waals surface area contributed by atoms with Crippen molar-refractivity contribution in [1.82, 2.24) is 10.3 Å². The van der Waals surface area contributed by atoms with Crippen molar-refractivity contribution in [3.05, 3.63) is 28.7 Å². The zero-order valence-corrected chi connectivity index (χ0v) is 25.3. The molecule has 1 aromatic rings. The molecule has 1 rings (SSSR count). The summed E-state index contributed by atoms with van der Waals surface area (Å²) in [5, 5.41) is 4.93. The first kappa shape index (κ1) is 33.2. The van der Waals surface area contributed by atoms with Crippen LogP contribution in [0.2, 0.25) is 0 Å². The van der Waals surface area contributed by atoms with Crippen molar-refractivity contribution >= 4 is 52.6 Å². The molecular weight excluding hydrogens is 539 g/mol. The standard InChI is InChI=1S/C26H40Cl2N2O6S/c1-10-14-34-22(32)25(7,8)18(12-11-13-26(9,27)28)35-21(31)17-15-37-20(29-17)19(16(2)3)30-23(33)36-24(4,5)6/h10,15-16,18-19H,1,11-14H2,2-9H3,(H,30,33)/t18-,19-/m0/s1. The van der Waals surface area contributed by atoms with E-state index in [9.17, 15) is 14.4 Å². The summed E-state index contributed by atoms with van der Waals surface area (Å²) in [6, 6.07) is -0.465. The second-order valence-electron chi connectivity index (χ2n) is 10.9. The lowest BCUT2D eigenvalue weighted by Crippen LogP contribution is -2.41. The Labute approximate surface area is 234 Å². The van der Waals surface area contributed by atoms with Gasteiger partial charge in [0, 0.05) is 5.38 Å². The number of nitrogens with one attached hydrogen (secondary N) is 1. The molecular formula is C26H40Cl2N2O6S. The number of nitrogens with zero attached hydrogens (tertiary/aromatic N) is 1. The number of amides is 1. The van der Waals surface area contributed by atoms with E-state index in [-0.39, 0.29) is 18.2 Å². The Morgan fingerprint density at radius 1 is 1.16 bits per heavy atom. The van der Waals surface area contributed by atoms with Crippen molar-refractivity contribution in [2.24, 2.45) is 11.3 Å². The van der Waals surface area contributed by atoms with Gasteiger partial charge in [-0.05, 0) is 66.7 Å². The highest BCUT2D eigenvalue weighted by molar-refractivity contribution is 7.09. The van der Waals surface area contributed by atoms with E-state index in [1.807, 2.05) is 13.8 Å². The molecule has 0 aliphatic carbocycles. The highest BCUT2D eigenvalue weighted by atomic mass is 35.5. The normalized spacial score (nSPS) is 14.0. The average molecular weight is 580 g/mol. The van der Waals surface area contributed by atoms with Crippen LogP contribution in [0.3, 0.4) is 0 Å². The van der Waals surface area contributed by atoms with Crippen molar-refractivity contribution in [2.45, 2.75) is 96.7 Å². The maximum atomic E-state index is 13.1. The van der Waals surface area contributed by atoms with E-state index in [1.54, 1.807) is 46.9 Å². The van der Waals surface area contributed by atoms with Gasteiger partial charge in [-0.1, -0.05) is 26.5 Å². The van der Waals surface area contributed by atoms with Gasteiger partial charge in [0.2, 0.25) is 0 Å². The van der Waals surface area contributed by atoms with Gasteiger partial charge < -0.3 is 19.5 Å². The van der Waals surface area contributed by atoms with Gasteiger partial charge in [-0.25, -0.2) is 14.6 Å². The summed E-state index contributed by atoms with van der Waals surface area (Å²) in [6.07, 6.45) is 1.36. The van der Waals surface area contributed by atoms with E-state index in [4.69, 9.17) is 37.4 Å². The smallest absolute Gasteiger partial charge is 0.408 e. The fraction of sp³-hybridized carbons (Fsp3) is 0.692. The maximum absolute atomic E-state index is 13.1. The molecule has 0 aromatic carbocycles. The number of halogens is 2. The van der Waals surface area contributed by atoms with E-state index in [2.05, 4.69) is 16.9 Å². The van der Waals surface area contributed by atoms with Crippen LogP contribution in [0.4, 0.5) is 4.79 Å². The van der Waals surface area contributed by atoms with Crippen LogP contribution in [0.25, 0.3) is 0 Å². The van der Waals surface area contributed by atoms with Crippen molar-refractivity contribution in [2.75, 3.05) is 6.61 Å². The molecule has 0 saturated heterocycles. The van der Waals surface area contributed by atoms with Crippen LogP contribution < -0.4 is 5.32 Å².